The first-order valence-electron chi connectivity index (χ1n) is 6.75. The smallest absolute Gasteiger partial charge is 0.220 e. The Morgan fingerprint density at radius 2 is 2.21 bits per heavy atom. The van der Waals surface area contributed by atoms with Gasteiger partial charge in [0.05, 0.1) is 3.79 Å². The van der Waals surface area contributed by atoms with Gasteiger partial charge in [0.2, 0.25) is 5.91 Å². The Labute approximate surface area is 128 Å². The van der Waals surface area contributed by atoms with Crippen LogP contribution in [0, 0.1) is 5.92 Å². The molecular weight excluding hydrogens is 324 g/mol. The van der Waals surface area contributed by atoms with Crippen LogP contribution in [-0.2, 0) is 11.2 Å². The van der Waals surface area contributed by atoms with Gasteiger partial charge in [-0.2, -0.15) is 0 Å². The van der Waals surface area contributed by atoms with Gasteiger partial charge in [-0.25, -0.2) is 0 Å². The number of amides is 1. The van der Waals surface area contributed by atoms with Crippen LogP contribution < -0.4 is 11.1 Å². The van der Waals surface area contributed by atoms with Crippen molar-refractivity contribution in [2.24, 2.45) is 11.7 Å². The predicted molar refractivity (Wildman–Crippen MR) is 85.4 cm³/mol. The fraction of sp³-hybridized carbons (Fsp3) is 0.643. The van der Waals surface area contributed by atoms with Crippen LogP contribution in [0.3, 0.4) is 0 Å². The molecule has 0 radical (unpaired) electrons. The van der Waals surface area contributed by atoms with Crippen molar-refractivity contribution in [2.45, 2.75) is 45.6 Å². The van der Waals surface area contributed by atoms with Crippen LogP contribution in [0.25, 0.3) is 0 Å². The lowest BCUT2D eigenvalue weighted by Crippen LogP contribution is -2.40. The number of carbonyl (C=O) groups excluding carboxylic acids is 1. The van der Waals surface area contributed by atoms with Crippen molar-refractivity contribution < 1.29 is 4.79 Å². The monoisotopic (exact) mass is 346 g/mol. The van der Waals surface area contributed by atoms with Gasteiger partial charge in [0.1, 0.15) is 0 Å². The molecule has 108 valence electrons. The first-order valence-corrected chi connectivity index (χ1v) is 8.36. The van der Waals surface area contributed by atoms with E-state index >= 15 is 0 Å². The zero-order chi connectivity index (χ0) is 14.3. The van der Waals surface area contributed by atoms with Gasteiger partial charge >= 0.3 is 0 Å². The molecule has 1 aromatic heterocycles. The van der Waals surface area contributed by atoms with Gasteiger partial charge in [-0.3, -0.25) is 4.79 Å². The molecule has 1 amide bonds. The summed E-state index contributed by atoms with van der Waals surface area (Å²) in [5.41, 5.74) is 5.67. The molecule has 19 heavy (non-hydrogen) atoms. The number of thiophene rings is 1. The molecule has 0 fully saturated rings. The summed E-state index contributed by atoms with van der Waals surface area (Å²) in [6.45, 7) is 4.80. The van der Waals surface area contributed by atoms with Gasteiger partial charge in [0, 0.05) is 23.9 Å². The van der Waals surface area contributed by atoms with E-state index in [1.54, 1.807) is 11.3 Å². The lowest BCUT2D eigenvalue weighted by atomic mass is 10.0. The number of hydrogen-bond acceptors (Lipinski definition) is 3. The van der Waals surface area contributed by atoms with Gasteiger partial charge in [-0.1, -0.05) is 13.8 Å². The van der Waals surface area contributed by atoms with Gasteiger partial charge in [0.25, 0.3) is 0 Å². The topological polar surface area (TPSA) is 55.1 Å². The van der Waals surface area contributed by atoms with E-state index in [1.165, 1.54) is 4.88 Å². The molecule has 1 rings (SSSR count). The van der Waals surface area contributed by atoms with Crippen molar-refractivity contribution in [3.05, 3.63) is 20.8 Å². The van der Waals surface area contributed by atoms with E-state index < -0.39 is 0 Å². The van der Waals surface area contributed by atoms with E-state index in [0.29, 0.717) is 18.9 Å². The fourth-order valence-corrected chi connectivity index (χ4v) is 3.52. The molecule has 1 atom stereocenters. The van der Waals surface area contributed by atoms with Crippen molar-refractivity contribution >= 4 is 33.2 Å². The summed E-state index contributed by atoms with van der Waals surface area (Å²) >= 11 is 5.17. The Hall–Kier alpha value is -0.390. The maximum atomic E-state index is 11.8. The standard InChI is InChI=1S/C14H23BrN2OS/c1-10(2)8-11(9-16)17-14(18)5-3-4-12-6-7-13(15)19-12/h6-7,10-11H,3-5,8-9,16H2,1-2H3,(H,17,18). The zero-order valence-corrected chi connectivity index (χ0v) is 14.0. The normalized spacial score (nSPS) is 12.7. The number of rotatable bonds is 8. The van der Waals surface area contributed by atoms with Crippen molar-refractivity contribution in [1.82, 2.24) is 5.32 Å². The average Bonchev–Trinajstić information content (AvgIpc) is 2.73. The zero-order valence-electron chi connectivity index (χ0n) is 11.6. The molecule has 0 bridgehead atoms. The summed E-state index contributed by atoms with van der Waals surface area (Å²) in [4.78, 5) is 13.1. The Balaban J connectivity index is 2.23. The number of nitrogens with two attached hydrogens (primary N) is 1. The lowest BCUT2D eigenvalue weighted by Gasteiger charge is -2.18. The lowest BCUT2D eigenvalue weighted by molar-refractivity contribution is -0.121. The van der Waals surface area contributed by atoms with E-state index in [1.807, 2.05) is 6.07 Å². The first-order chi connectivity index (χ1) is 9.01. The Morgan fingerprint density at radius 1 is 1.47 bits per heavy atom. The summed E-state index contributed by atoms with van der Waals surface area (Å²) in [6.07, 6.45) is 3.36. The Bertz CT molecular complexity index is 393. The third-order valence-electron chi connectivity index (χ3n) is 2.86. The largest absolute Gasteiger partial charge is 0.352 e. The van der Waals surface area contributed by atoms with E-state index in [0.717, 1.165) is 23.0 Å². The van der Waals surface area contributed by atoms with Crippen molar-refractivity contribution in [3.63, 3.8) is 0 Å². The summed E-state index contributed by atoms with van der Waals surface area (Å²) in [5.74, 6) is 0.670. The summed E-state index contributed by atoms with van der Waals surface area (Å²) < 4.78 is 1.15. The molecule has 0 aromatic carbocycles. The van der Waals surface area contributed by atoms with Gasteiger partial charge in [-0.15, -0.1) is 11.3 Å². The molecule has 1 heterocycles. The maximum Gasteiger partial charge on any atom is 0.220 e. The Morgan fingerprint density at radius 3 is 2.74 bits per heavy atom. The van der Waals surface area contributed by atoms with Crippen molar-refractivity contribution in [2.75, 3.05) is 6.54 Å². The van der Waals surface area contributed by atoms with E-state index in [4.69, 9.17) is 5.73 Å². The summed E-state index contributed by atoms with van der Waals surface area (Å²) in [5, 5.41) is 3.02. The van der Waals surface area contributed by atoms with E-state index in [2.05, 4.69) is 41.2 Å². The van der Waals surface area contributed by atoms with Crippen LogP contribution in [0.4, 0.5) is 0 Å². The summed E-state index contributed by atoms with van der Waals surface area (Å²) in [7, 11) is 0. The van der Waals surface area contributed by atoms with Crippen LogP contribution in [0.5, 0.6) is 0 Å². The highest BCUT2D eigenvalue weighted by molar-refractivity contribution is 9.11. The van der Waals surface area contributed by atoms with Gasteiger partial charge < -0.3 is 11.1 Å². The molecule has 0 spiro atoms. The molecule has 0 aliphatic rings. The van der Waals surface area contributed by atoms with Crippen LogP contribution in [0.15, 0.2) is 15.9 Å². The number of nitrogens with one attached hydrogen (secondary N) is 1. The minimum Gasteiger partial charge on any atom is -0.352 e. The molecule has 3 N–H and O–H groups in total. The van der Waals surface area contributed by atoms with E-state index in [-0.39, 0.29) is 11.9 Å². The molecule has 3 nitrogen and oxygen atoms in total. The number of aryl methyl sites for hydroxylation is 1. The highest BCUT2D eigenvalue weighted by Gasteiger charge is 2.12. The fourth-order valence-electron chi connectivity index (χ4n) is 1.99. The second kappa shape index (κ2) is 8.72. The van der Waals surface area contributed by atoms with Gasteiger partial charge in [-0.05, 0) is 53.2 Å². The number of halogens is 1. The highest BCUT2D eigenvalue weighted by atomic mass is 79.9. The molecule has 1 unspecified atom stereocenters. The number of carbonyl (C=O) groups is 1. The molecule has 1 aromatic rings. The quantitative estimate of drug-likeness (QED) is 0.758. The van der Waals surface area contributed by atoms with E-state index in [9.17, 15) is 4.79 Å². The van der Waals surface area contributed by atoms with Crippen LogP contribution in [0.1, 0.15) is 38.0 Å². The molecule has 0 saturated heterocycles. The minimum absolute atomic E-state index is 0.114. The predicted octanol–water partition coefficient (Wildman–Crippen LogP) is 3.32. The van der Waals surface area contributed by atoms with Crippen LogP contribution in [-0.4, -0.2) is 18.5 Å². The second-order valence-corrected chi connectivity index (χ2v) is 7.74. The highest BCUT2D eigenvalue weighted by Crippen LogP contribution is 2.23. The molecule has 0 aliphatic carbocycles. The molecular formula is C14H23BrN2OS. The SMILES string of the molecule is CC(C)CC(CN)NC(=O)CCCc1ccc(Br)s1. The number of hydrogen-bond donors (Lipinski definition) is 2. The molecule has 5 heteroatoms. The second-order valence-electron chi connectivity index (χ2n) is 5.19. The average molecular weight is 347 g/mol. The van der Waals surface area contributed by atoms with Crippen LogP contribution in [0.2, 0.25) is 0 Å². The third-order valence-corrected chi connectivity index (χ3v) is 4.54. The third kappa shape index (κ3) is 7.09. The van der Waals surface area contributed by atoms with Crippen LogP contribution >= 0.6 is 27.3 Å². The summed E-state index contributed by atoms with van der Waals surface area (Å²) in [6, 6.07) is 4.27. The van der Waals surface area contributed by atoms with Gasteiger partial charge in [0.15, 0.2) is 0 Å². The molecule has 0 aliphatic heterocycles. The maximum absolute atomic E-state index is 11.8. The van der Waals surface area contributed by atoms with Crippen molar-refractivity contribution in [3.8, 4) is 0 Å². The van der Waals surface area contributed by atoms with Crippen molar-refractivity contribution in [1.29, 1.82) is 0 Å². The Kier molecular flexibility index (Phi) is 7.64. The minimum atomic E-state index is 0.114. The molecule has 0 saturated carbocycles. The first kappa shape index (κ1) is 16.7.